The molecule has 0 spiro atoms. The van der Waals surface area contributed by atoms with Gasteiger partial charge in [0.15, 0.2) is 5.65 Å². The Bertz CT molecular complexity index is 887. The number of pyridine rings is 1. The van der Waals surface area contributed by atoms with Crippen molar-refractivity contribution in [3.8, 4) is 11.3 Å². The molecular formula is C17H16FN3O2. The molecule has 0 aliphatic heterocycles. The molecule has 0 bridgehead atoms. The highest BCUT2D eigenvalue weighted by Crippen LogP contribution is 2.28. The summed E-state index contributed by atoms with van der Waals surface area (Å²) < 4.78 is 20.6. The monoisotopic (exact) mass is 313 g/mol. The van der Waals surface area contributed by atoms with Gasteiger partial charge in [-0.25, -0.2) is 18.9 Å². The smallest absolute Gasteiger partial charge is 0.338 e. The van der Waals surface area contributed by atoms with Gasteiger partial charge in [-0.2, -0.15) is 5.10 Å². The SMILES string of the molecule is COC(=O)c1cc(-c2ccccc2F)nc2c1cnn2C(C)C. The van der Waals surface area contributed by atoms with Crippen molar-refractivity contribution in [2.75, 3.05) is 7.11 Å². The zero-order valence-electron chi connectivity index (χ0n) is 13.1. The largest absolute Gasteiger partial charge is 0.465 e. The Hall–Kier alpha value is -2.76. The van der Waals surface area contributed by atoms with E-state index >= 15 is 0 Å². The van der Waals surface area contributed by atoms with Crippen LogP contribution < -0.4 is 0 Å². The number of nitrogens with zero attached hydrogens (tertiary/aromatic N) is 3. The van der Waals surface area contributed by atoms with Gasteiger partial charge in [-0.1, -0.05) is 12.1 Å². The fraction of sp³-hybridized carbons (Fsp3) is 0.235. The van der Waals surface area contributed by atoms with Crippen molar-refractivity contribution in [1.82, 2.24) is 14.8 Å². The Morgan fingerprint density at radius 3 is 2.70 bits per heavy atom. The maximum atomic E-state index is 14.1. The molecule has 0 amide bonds. The summed E-state index contributed by atoms with van der Waals surface area (Å²) in [5.41, 5.74) is 1.55. The number of carbonyl (C=O) groups is 1. The van der Waals surface area contributed by atoms with Crippen LogP contribution in [0.4, 0.5) is 4.39 Å². The predicted octanol–water partition coefficient (Wildman–Crippen LogP) is 3.60. The van der Waals surface area contributed by atoms with Crippen LogP contribution in [0.1, 0.15) is 30.2 Å². The van der Waals surface area contributed by atoms with E-state index in [9.17, 15) is 9.18 Å². The zero-order chi connectivity index (χ0) is 16.6. The summed E-state index contributed by atoms with van der Waals surface area (Å²) in [5.74, 6) is -0.899. The molecule has 23 heavy (non-hydrogen) atoms. The van der Waals surface area contributed by atoms with Crippen molar-refractivity contribution < 1.29 is 13.9 Å². The van der Waals surface area contributed by atoms with Crippen LogP contribution >= 0.6 is 0 Å². The predicted molar refractivity (Wildman–Crippen MR) is 84.6 cm³/mol. The number of esters is 1. The number of carbonyl (C=O) groups excluding carboxylic acids is 1. The van der Waals surface area contributed by atoms with Crippen molar-refractivity contribution in [3.63, 3.8) is 0 Å². The van der Waals surface area contributed by atoms with Gasteiger partial charge in [0.1, 0.15) is 5.82 Å². The lowest BCUT2D eigenvalue weighted by Crippen LogP contribution is -2.07. The minimum Gasteiger partial charge on any atom is -0.465 e. The number of rotatable bonds is 3. The minimum atomic E-state index is -0.502. The van der Waals surface area contributed by atoms with Crippen molar-refractivity contribution in [1.29, 1.82) is 0 Å². The van der Waals surface area contributed by atoms with Gasteiger partial charge in [0, 0.05) is 11.6 Å². The van der Waals surface area contributed by atoms with Gasteiger partial charge in [0.05, 0.1) is 30.0 Å². The summed E-state index contributed by atoms with van der Waals surface area (Å²) in [4.78, 5) is 16.6. The molecule has 0 saturated carbocycles. The molecule has 2 heterocycles. The van der Waals surface area contributed by atoms with Crippen LogP contribution in [0.25, 0.3) is 22.3 Å². The van der Waals surface area contributed by atoms with E-state index in [-0.39, 0.29) is 6.04 Å². The number of hydrogen-bond donors (Lipinski definition) is 0. The maximum Gasteiger partial charge on any atom is 0.338 e. The van der Waals surface area contributed by atoms with Crippen LogP contribution in [0.15, 0.2) is 36.5 Å². The van der Waals surface area contributed by atoms with Crippen LogP contribution in [0.2, 0.25) is 0 Å². The normalized spacial score (nSPS) is 11.2. The van der Waals surface area contributed by atoms with E-state index in [4.69, 9.17) is 4.74 Å². The molecule has 6 heteroatoms. The lowest BCUT2D eigenvalue weighted by molar-refractivity contribution is 0.0603. The molecule has 118 valence electrons. The second-order valence-corrected chi connectivity index (χ2v) is 5.45. The first-order chi connectivity index (χ1) is 11.0. The second-order valence-electron chi connectivity index (χ2n) is 5.45. The van der Waals surface area contributed by atoms with E-state index in [0.717, 1.165) is 0 Å². The third-order valence-corrected chi connectivity index (χ3v) is 3.61. The van der Waals surface area contributed by atoms with Gasteiger partial charge in [0.25, 0.3) is 0 Å². The number of halogens is 1. The van der Waals surface area contributed by atoms with Crippen molar-refractivity contribution >= 4 is 17.0 Å². The molecule has 2 aromatic heterocycles. The molecule has 0 aliphatic rings. The van der Waals surface area contributed by atoms with Crippen LogP contribution in [-0.2, 0) is 4.74 Å². The average molecular weight is 313 g/mol. The summed E-state index contributed by atoms with van der Waals surface area (Å²) in [6.07, 6.45) is 1.58. The summed E-state index contributed by atoms with van der Waals surface area (Å²) in [5, 5.41) is 4.87. The highest BCUT2D eigenvalue weighted by Gasteiger charge is 2.19. The molecule has 0 radical (unpaired) electrons. The van der Waals surface area contributed by atoms with Gasteiger partial charge in [0.2, 0.25) is 0 Å². The number of aromatic nitrogens is 3. The van der Waals surface area contributed by atoms with Gasteiger partial charge in [-0.15, -0.1) is 0 Å². The number of ether oxygens (including phenoxy) is 1. The van der Waals surface area contributed by atoms with E-state index in [0.29, 0.717) is 27.9 Å². The fourth-order valence-corrected chi connectivity index (χ4v) is 2.48. The summed E-state index contributed by atoms with van der Waals surface area (Å²) in [6.45, 7) is 3.92. The van der Waals surface area contributed by atoms with E-state index in [1.807, 2.05) is 13.8 Å². The standard InChI is InChI=1S/C17H16FN3O2/c1-10(2)21-16-13(9-19-21)12(17(22)23-3)8-15(20-16)11-6-4-5-7-14(11)18/h4-10H,1-3H3. The molecule has 3 rings (SSSR count). The Morgan fingerprint density at radius 2 is 2.04 bits per heavy atom. The van der Waals surface area contributed by atoms with E-state index in [1.165, 1.54) is 13.2 Å². The molecule has 5 nitrogen and oxygen atoms in total. The van der Waals surface area contributed by atoms with Gasteiger partial charge < -0.3 is 4.74 Å². The molecule has 3 aromatic rings. The first-order valence-corrected chi connectivity index (χ1v) is 7.24. The summed E-state index contributed by atoms with van der Waals surface area (Å²) in [6, 6.07) is 7.92. The van der Waals surface area contributed by atoms with Crippen molar-refractivity contribution in [3.05, 3.63) is 47.9 Å². The van der Waals surface area contributed by atoms with Crippen LogP contribution in [-0.4, -0.2) is 27.8 Å². The molecule has 0 atom stereocenters. The fourth-order valence-electron chi connectivity index (χ4n) is 2.48. The molecule has 0 fully saturated rings. The van der Waals surface area contributed by atoms with Crippen LogP contribution in [0.5, 0.6) is 0 Å². The number of hydrogen-bond acceptors (Lipinski definition) is 4. The summed E-state index contributed by atoms with van der Waals surface area (Å²) >= 11 is 0. The zero-order valence-corrected chi connectivity index (χ0v) is 13.1. The molecule has 1 aromatic carbocycles. The Kier molecular flexibility index (Phi) is 3.82. The molecule has 0 N–H and O–H groups in total. The molecule has 0 unspecified atom stereocenters. The van der Waals surface area contributed by atoms with E-state index in [2.05, 4.69) is 10.1 Å². The van der Waals surface area contributed by atoms with Gasteiger partial charge in [-0.05, 0) is 32.0 Å². The Balaban J connectivity index is 2.33. The molecule has 0 aliphatic carbocycles. The Morgan fingerprint density at radius 1 is 1.30 bits per heavy atom. The van der Waals surface area contributed by atoms with Crippen molar-refractivity contribution in [2.45, 2.75) is 19.9 Å². The minimum absolute atomic E-state index is 0.0568. The quantitative estimate of drug-likeness (QED) is 0.693. The summed E-state index contributed by atoms with van der Waals surface area (Å²) in [7, 11) is 1.31. The lowest BCUT2D eigenvalue weighted by atomic mass is 10.1. The third kappa shape index (κ3) is 2.56. The van der Waals surface area contributed by atoms with Crippen LogP contribution in [0, 0.1) is 5.82 Å². The van der Waals surface area contributed by atoms with Gasteiger partial charge in [-0.3, -0.25) is 0 Å². The number of methoxy groups -OCH3 is 1. The highest BCUT2D eigenvalue weighted by molar-refractivity contribution is 6.03. The average Bonchev–Trinajstić information content (AvgIpc) is 2.97. The Labute approximate surface area is 132 Å². The number of fused-ring (bicyclic) bond motifs is 1. The third-order valence-electron chi connectivity index (χ3n) is 3.61. The molecular weight excluding hydrogens is 297 g/mol. The number of benzene rings is 1. The van der Waals surface area contributed by atoms with Gasteiger partial charge >= 0.3 is 5.97 Å². The van der Waals surface area contributed by atoms with Crippen molar-refractivity contribution in [2.24, 2.45) is 0 Å². The second kappa shape index (κ2) is 5.79. The topological polar surface area (TPSA) is 57.0 Å². The first kappa shape index (κ1) is 15.1. The maximum absolute atomic E-state index is 14.1. The van der Waals surface area contributed by atoms with E-state index in [1.54, 1.807) is 35.1 Å². The van der Waals surface area contributed by atoms with E-state index < -0.39 is 11.8 Å². The molecule has 0 saturated heterocycles. The highest BCUT2D eigenvalue weighted by atomic mass is 19.1. The lowest BCUT2D eigenvalue weighted by Gasteiger charge is -2.10. The van der Waals surface area contributed by atoms with Crippen LogP contribution in [0.3, 0.4) is 0 Å². The first-order valence-electron chi connectivity index (χ1n) is 7.24.